The van der Waals surface area contributed by atoms with E-state index in [1.807, 2.05) is 12.2 Å². The van der Waals surface area contributed by atoms with E-state index < -0.39 is 5.66 Å². The van der Waals surface area contributed by atoms with Gasteiger partial charge in [0, 0.05) is 5.92 Å². The van der Waals surface area contributed by atoms with E-state index in [-0.39, 0.29) is 0 Å². The van der Waals surface area contributed by atoms with Crippen LogP contribution in [0.2, 0.25) is 0 Å². The Hall–Kier alpha value is -1.38. The van der Waals surface area contributed by atoms with Crippen molar-refractivity contribution in [3.8, 4) is 0 Å². The summed E-state index contributed by atoms with van der Waals surface area (Å²) in [5, 5.41) is 0. The average Bonchev–Trinajstić information content (AvgIpc) is 2.18. The van der Waals surface area contributed by atoms with E-state index >= 15 is 0 Å². The van der Waals surface area contributed by atoms with Gasteiger partial charge in [-0.3, -0.25) is 0 Å². The van der Waals surface area contributed by atoms with Crippen molar-refractivity contribution in [1.82, 2.24) is 0 Å². The Morgan fingerprint density at radius 2 is 1.81 bits per heavy atom. The summed E-state index contributed by atoms with van der Waals surface area (Å²) in [6.07, 6.45) is 5.90. The number of allylic oxidation sites excluding steroid dienone is 2. The van der Waals surface area contributed by atoms with Gasteiger partial charge >= 0.3 is 0 Å². The maximum Gasteiger partial charge on any atom is 0.102 e. The molecule has 84 valence electrons. The maximum absolute atomic E-state index is 5.86. The highest BCUT2D eigenvalue weighted by molar-refractivity contribution is 5.43. The zero-order valence-electron chi connectivity index (χ0n) is 9.77. The first-order valence-electron chi connectivity index (χ1n) is 5.51. The molecule has 2 rings (SSSR count). The van der Waals surface area contributed by atoms with Gasteiger partial charge in [-0.25, -0.2) is 0 Å². The Labute approximate surface area is 96.6 Å². The zero-order valence-corrected chi connectivity index (χ0v) is 9.77. The second-order valence-electron chi connectivity index (χ2n) is 4.58. The van der Waals surface area contributed by atoms with E-state index in [1.54, 1.807) is 0 Å². The minimum atomic E-state index is -0.788. The third-order valence-corrected chi connectivity index (χ3v) is 3.07. The standard InChI is InChI=1S/C14H18N2/c1-10-5-3-4-6-12(10)13-7-8-14(15,16)9-11(13)2/h3-9,13H,15-16H2,1-2H3. The number of hydrogen-bond acceptors (Lipinski definition) is 2. The molecular weight excluding hydrogens is 196 g/mol. The van der Waals surface area contributed by atoms with E-state index in [2.05, 4.69) is 44.2 Å². The molecule has 0 aromatic heterocycles. The Morgan fingerprint density at radius 3 is 2.44 bits per heavy atom. The Kier molecular flexibility index (Phi) is 2.70. The van der Waals surface area contributed by atoms with Crippen molar-refractivity contribution < 1.29 is 0 Å². The van der Waals surface area contributed by atoms with E-state index in [0.717, 1.165) is 0 Å². The highest BCUT2D eigenvalue weighted by Gasteiger charge is 2.22. The molecule has 1 aromatic rings. The van der Waals surface area contributed by atoms with Crippen molar-refractivity contribution in [2.45, 2.75) is 25.4 Å². The molecule has 1 aliphatic rings. The van der Waals surface area contributed by atoms with Gasteiger partial charge in [0.05, 0.1) is 0 Å². The van der Waals surface area contributed by atoms with Gasteiger partial charge in [0.1, 0.15) is 5.66 Å². The van der Waals surface area contributed by atoms with Crippen LogP contribution >= 0.6 is 0 Å². The SMILES string of the molecule is CC1=CC(N)(N)C=CC1c1ccccc1C. The minimum Gasteiger partial charge on any atom is -0.307 e. The van der Waals surface area contributed by atoms with Gasteiger partial charge in [0.15, 0.2) is 0 Å². The second kappa shape index (κ2) is 3.89. The normalized spacial score (nSPS) is 23.0. The van der Waals surface area contributed by atoms with Crippen LogP contribution in [0.25, 0.3) is 0 Å². The lowest BCUT2D eigenvalue weighted by Crippen LogP contribution is -2.46. The van der Waals surface area contributed by atoms with Gasteiger partial charge in [-0.15, -0.1) is 0 Å². The van der Waals surface area contributed by atoms with Crippen LogP contribution in [-0.2, 0) is 0 Å². The summed E-state index contributed by atoms with van der Waals surface area (Å²) in [4.78, 5) is 0. The third-order valence-electron chi connectivity index (χ3n) is 3.07. The van der Waals surface area contributed by atoms with Crippen LogP contribution in [0.1, 0.15) is 24.0 Å². The summed E-state index contributed by atoms with van der Waals surface area (Å²) in [5.74, 6) is 0.307. The van der Waals surface area contributed by atoms with E-state index in [9.17, 15) is 0 Å². The van der Waals surface area contributed by atoms with Crippen LogP contribution in [0.4, 0.5) is 0 Å². The number of rotatable bonds is 1. The lowest BCUT2D eigenvalue weighted by Gasteiger charge is -2.27. The lowest BCUT2D eigenvalue weighted by atomic mass is 9.83. The number of aryl methyl sites for hydroxylation is 1. The van der Waals surface area contributed by atoms with E-state index in [0.29, 0.717) is 5.92 Å². The van der Waals surface area contributed by atoms with Crippen molar-refractivity contribution >= 4 is 0 Å². The molecule has 0 saturated carbocycles. The molecule has 0 saturated heterocycles. The van der Waals surface area contributed by atoms with Gasteiger partial charge in [0.2, 0.25) is 0 Å². The molecule has 4 N–H and O–H groups in total. The fourth-order valence-corrected chi connectivity index (χ4v) is 2.23. The molecule has 2 heteroatoms. The Balaban J connectivity index is 2.39. The van der Waals surface area contributed by atoms with Crippen LogP contribution in [0, 0.1) is 6.92 Å². The van der Waals surface area contributed by atoms with Crippen LogP contribution in [0.5, 0.6) is 0 Å². The lowest BCUT2D eigenvalue weighted by molar-refractivity contribution is 0.662. The van der Waals surface area contributed by atoms with Crippen molar-refractivity contribution in [3.05, 3.63) is 59.2 Å². The van der Waals surface area contributed by atoms with Gasteiger partial charge in [-0.2, -0.15) is 0 Å². The van der Waals surface area contributed by atoms with Crippen molar-refractivity contribution in [3.63, 3.8) is 0 Å². The predicted octanol–water partition coefficient (Wildman–Crippen LogP) is 2.21. The topological polar surface area (TPSA) is 52.0 Å². The van der Waals surface area contributed by atoms with Crippen LogP contribution < -0.4 is 11.5 Å². The summed E-state index contributed by atoms with van der Waals surface area (Å²) >= 11 is 0. The largest absolute Gasteiger partial charge is 0.307 e. The molecule has 2 nitrogen and oxygen atoms in total. The fourth-order valence-electron chi connectivity index (χ4n) is 2.23. The smallest absolute Gasteiger partial charge is 0.102 e. The second-order valence-corrected chi connectivity index (χ2v) is 4.58. The number of nitrogens with two attached hydrogens (primary N) is 2. The molecule has 0 aliphatic heterocycles. The molecule has 0 bridgehead atoms. The van der Waals surface area contributed by atoms with Crippen LogP contribution in [-0.4, -0.2) is 5.66 Å². The summed E-state index contributed by atoms with van der Waals surface area (Å²) in [6, 6.07) is 8.40. The van der Waals surface area contributed by atoms with Crippen LogP contribution in [0.15, 0.2) is 48.1 Å². The average molecular weight is 214 g/mol. The molecule has 0 radical (unpaired) electrons. The van der Waals surface area contributed by atoms with Gasteiger partial charge in [0.25, 0.3) is 0 Å². The molecule has 16 heavy (non-hydrogen) atoms. The third kappa shape index (κ3) is 2.08. The monoisotopic (exact) mass is 214 g/mol. The fraction of sp³-hybridized carbons (Fsp3) is 0.286. The number of benzene rings is 1. The van der Waals surface area contributed by atoms with Gasteiger partial charge in [-0.05, 0) is 37.1 Å². The van der Waals surface area contributed by atoms with Crippen LogP contribution in [0.3, 0.4) is 0 Å². The quantitative estimate of drug-likeness (QED) is 0.556. The first kappa shape index (κ1) is 11.1. The zero-order chi connectivity index (χ0) is 11.8. The minimum absolute atomic E-state index is 0.307. The molecule has 0 fully saturated rings. The molecule has 0 amide bonds. The summed E-state index contributed by atoms with van der Waals surface area (Å²) in [6.45, 7) is 4.21. The molecule has 1 aromatic carbocycles. The van der Waals surface area contributed by atoms with Gasteiger partial charge < -0.3 is 11.5 Å². The molecule has 0 heterocycles. The number of hydrogen-bond donors (Lipinski definition) is 2. The predicted molar refractivity (Wildman–Crippen MR) is 67.9 cm³/mol. The van der Waals surface area contributed by atoms with Crippen molar-refractivity contribution in [2.24, 2.45) is 11.5 Å². The Bertz CT molecular complexity index is 456. The van der Waals surface area contributed by atoms with Crippen molar-refractivity contribution in [2.75, 3.05) is 0 Å². The molecule has 0 spiro atoms. The molecule has 1 atom stereocenters. The molecule has 1 unspecified atom stereocenters. The summed E-state index contributed by atoms with van der Waals surface area (Å²) in [5.41, 5.74) is 14.8. The highest BCUT2D eigenvalue weighted by atomic mass is 14.9. The molecule has 1 aliphatic carbocycles. The highest BCUT2D eigenvalue weighted by Crippen LogP contribution is 2.31. The Morgan fingerprint density at radius 1 is 1.12 bits per heavy atom. The summed E-state index contributed by atoms with van der Waals surface area (Å²) < 4.78 is 0. The van der Waals surface area contributed by atoms with E-state index in [1.165, 1.54) is 16.7 Å². The van der Waals surface area contributed by atoms with E-state index in [4.69, 9.17) is 11.5 Å². The van der Waals surface area contributed by atoms with Gasteiger partial charge in [-0.1, -0.05) is 35.9 Å². The summed E-state index contributed by atoms with van der Waals surface area (Å²) in [7, 11) is 0. The maximum atomic E-state index is 5.86. The van der Waals surface area contributed by atoms with Crippen molar-refractivity contribution in [1.29, 1.82) is 0 Å². The first-order valence-corrected chi connectivity index (χ1v) is 5.51. The molecular formula is C14H18N2. The first-order chi connectivity index (χ1) is 7.49.